The predicted octanol–water partition coefficient (Wildman–Crippen LogP) is 3.85. The molecule has 0 aliphatic carbocycles. The fraction of sp³-hybridized carbons (Fsp3) is 0.706. The zero-order valence-electron chi connectivity index (χ0n) is 14.8. The highest BCUT2D eigenvalue weighted by Crippen LogP contribution is 2.37. The Morgan fingerprint density at radius 3 is 2.23 bits per heavy atom. The molecule has 0 amide bonds. The van der Waals surface area contributed by atoms with E-state index in [4.69, 9.17) is 14.0 Å². The van der Waals surface area contributed by atoms with Crippen molar-refractivity contribution in [3.8, 4) is 0 Å². The summed E-state index contributed by atoms with van der Waals surface area (Å²) in [6, 6.07) is 0. The summed E-state index contributed by atoms with van der Waals surface area (Å²) in [5, 5.41) is 0. The first-order valence-corrected chi connectivity index (χ1v) is 7.95. The fourth-order valence-corrected chi connectivity index (χ4v) is 2.06. The lowest BCUT2D eigenvalue weighted by Crippen LogP contribution is -2.41. The molecule has 0 atom stereocenters. The molecule has 0 aromatic rings. The molecule has 1 aliphatic heterocycles. The Hall–Kier alpha value is -1.07. The summed E-state index contributed by atoms with van der Waals surface area (Å²) in [4.78, 5) is 10.6. The Kier molecular flexibility index (Phi) is 6.88. The first-order chi connectivity index (χ1) is 10.1. The van der Waals surface area contributed by atoms with Gasteiger partial charge in [-0.2, -0.15) is 0 Å². The van der Waals surface area contributed by atoms with Gasteiger partial charge < -0.3 is 14.0 Å². The van der Waals surface area contributed by atoms with Gasteiger partial charge in [0, 0.05) is 6.92 Å². The average Bonchev–Trinajstić information content (AvgIpc) is 2.55. The van der Waals surface area contributed by atoms with Crippen LogP contribution in [-0.4, -0.2) is 30.9 Å². The summed E-state index contributed by atoms with van der Waals surface area (Å²) in [6.45, 7) is 12.2. The molecular weight excluding hydrogens is 279 g/mol. The van der Waals surface area contributed by atoms with Gasteiger partial charge in [-0.1, -0.05) is 23.7 Å². The molecule has 124 valence electrons. The van der Waals surface area contributed by atoms with Crippen molar-refractivity contribution in [2.75, 3.05) is 6.61 Å². The van der Waals surface area contributed by atoms with E-state index in [1.54, 1.807) is 0 Å². The number of allylic oxidation sites excluding steroid dienone is 3. The van der Waals surface area contributed by atoms with Crippen molar-refractivity contribution in [1.29, 1.82) is 0 Å². The van der Waals surface area contributed by atoms with Crippen molar-refractivity contribution in [2.45, 2.75) is 72.0 Å². The zero-order valence-corrected chi connectivity index (χ0v) is 14.8. The van der Waals surface area contributed by atoms with Crippen LogP contribution in [0.4, 0.5) is 0 Å². The second kappa shape index (κ2) is 7.98. The lowest BCUT2D eigenvalue weighted by molar-refractivity contribution is -0.141. The largest absolute Gasteiger partial charge is 0.487 e. The van der Waals surface area contributed by atoms with E-state index in [-0.39, 0.29) is 24.3 Å². The number of ether oxygens (including phenoxy) is 1. The Morgan fingerprint density at radius 2 is 1.68 bits per heavy atom. The highest BCUT2D eigenvalue weighted by molar-refractivity contribution is 6.51. The third kappa shape index (κ3) is 5.97. The van der Waals surface area contributed by atoms with Crippen molar-refractivity contribution in [1.82, 2.24) is 0 Å². The fourth-order valence-electron chi connectivity index (χ4n) is 2.06. The first kappa shape index (κ1) is 19.0. The molecule has 1 saturated heterocycles. The molecular formula is C17H29BO4. The summed E-state index contributed by atoms with van der Waals surface area (Å²) in [7, 11) is -0.276. The van der Waals surface area contributed by atoms with Crippen molar-refractivity contribution < 1.29 is 18.8 Å². The molecule has 1 rings (SSSR count). The van der Waals surface area contributed by atoms with Gasteiger partial charge in [-0.3, -0.25) is 4.79 Å². The van der Waals surface area contributed by atoms with E-state index in [0.29, 0.717) is 6.61 Å². The van der Waals surface area contributed by atoms with E-state index >= 15 is 0 Å². The standard InChI is InChI=1S/C17H29BO4/c1-14(11-9-7-8-10-12-20-15(2)19)13-18-21-16(3,4)17(5,6)22-18/h7,9,13H,8,10-12H2,1-6H3/b9-7+,14-13-. The molecule has 22 heavy (non-hydrogen) atoms. The van der Waals surface area contributed by atoms with E-state index in [1.807, 2.05) is 5.98 Å². The molecule has 1 aliphatic rings. The molecule has 1 heterocycles. The number of hydrogen-bond acceptors (Lipinski definition) is 4. The second-order valence-electron chi connectivity index (χ2n) is 6.80. The molecule has 0 saturated carbocycles. The van der Waals surface area contributed by atoms with Gasteiger partial charge in [0.25, 0.3) is 0 Å². The van der Waals surface area contributed by atoms with Crippen LogP contribution in [0.25, 0.3) is 0 Å². The molecule has 0 unspecified atom stereocenters. The summed E-state index contributed by atoms with van der Waals surface area (Å²) >= 11 is 0. The predicted molar refractivity (Wildman–Crippen MR) is 89.5 cm³/mol. The number of unbranched alkanes of at least 4 members (excludes halogenated alkanes) is 1. The monoisotopic (exact) mass is 308 g/mol. The number of carbonyl (C=O) groups excluding carboxylic acids is 1. The van der Waals surface area contributed by atoms with Gasteiger partial charge in [0.2, 0.25) is 0 Å². The molecule has 5 heteroatoms. The van der Waals surface area contributed by atoms with Gasteiger partial charge in [0.1, 0.15) is 0 Å². The molecule has 4 nitrogen and oxygen atoms in total. The average molecular weight is 308 g/mol. The van der Waals surface area contributed by atoms with Gasteiger partial charge in [-0.05, 0) is 53.9 Å². The number of carbonyl (C=O) groups is 1. The van der Waals surface area contributed by atoms with Crippen LogP contribution in [0.1, 0.15) is 60.8 Å². The highest BCUT2D eigenvalue weighted by Gasteiger charge is 2.50. The molecule has 0 bridgehead atoms. The van der Waals surface area contributed by atoms with Crippen molar-refractivity contribution in [3.63, 3.8) is 0 Å². The van der Waals surface area contributed by atoms with Crippen LogP contribution in [-0.2, 0) is 18.8 Å². The number of rotatable bonds is 7. The van der Waals surface area contributed by atoms with Crippen LogP contribution in [0.2, 0.25) is 0 Å². The van der Waals surface area contributed by atoms with E-state index in [1.165, 1.54) is 12.5 Å². The summed E-state index contributed by atoms with van der Waals surface area (Å²) in [6.07, 6.45) is 6.89. The third-order valence-corrected chi connectivity index (χ3v) is 4.12. The Labute approximate surface area is 135 Å². The normalized spacial score (nSPS) is 20.6. The van der Waals surface area contributed by atoms with Crippen LogP contribution in [0.5, 0.6) is 0 Å². The first-order valence-electron chi connectivity index (χ1n) is 7.95. The molecule has 1 fully saturated rings. The lowest BCUT2D eigenvalue weighted by atomic mass is 9.86. The summed E-state index contributed by atoms with van der Waals surface area (Å²) < 4.78 is 16.8. The van der Waals surface area contributed by atoms with Gasteiger partial charge >= 0.3 is 13.1 Å². The molecule has 0 spiro atoms. The summed E-state index contributed by atoms with van der Waals surface area (Å²) in [5.74, 6) is 1.82. The molecule has 0 radical (unpaired) electrons. The minimum absolute atomic E-state index is 0.217. The maximum absolute atomic E-state index is 10.6. The van der Waals surface area contributed by atoms with Gasteiger partial charge in [0.05, 0.1) is 17.8 Å². The maximum atomic E-state index is 10.6. The molecule has 0 aromatic carbocycles. The third-order valence-electron chi connectivity index (χ3n) is 4.12. The zero-order chi connectivity index (χ0) is 16.8. The van der Waals surface area contributed by atoms with E-state index in [0.717, 1.165) is 19.3 Å². The van der Waals surface area contributed by atoms with E-state index < -0.39 is 0 Å². The Bertz CT molecular complexity index is 422. The minimum Gasteiger partial charge on any atom is -0.466 e. The molecule has 0 aromatic heterocycles. The van der Waals surface area contributed by atoms with Crippen LogP contribution in [0, 0.1) is 0 Å². The number of hydrogen-bond donors (Lipinski definition) is 0. The SMILES string of the molecule is CC(=O)OCCC/C=C/C/C(C)=C\B1OC(C)(C)C(C)(C)O1. The van der Waals surface area contributed by atoms with Gasteiger partial charge in [-0.25, -0.2) is 0 Å². The van der Waals surface area contributed by atoms with Gasteiger partial charge in [0.15, 0.2) is 0 Å². The lowest BCUT2D eigenvalue weighted by Gasteiger charge is -2.32. The van der Waals surface area contributed by atoms with Gasteiger partial charge in [-0.15, -0.1) is 0 Å². The topological polar surface area (TPSA) is 44.8 Å². The Balaban J connectivity index is 2.31. The molecule has 0 N–H and O–H groups in total. The minimum atomic E-state index is -0.291. The van der Waals surface area contributed by atoms with Crippen LogP contribution < -0.4 is 0 Å². The quantitative estimate of drug-likeness (QED) is 0.310. The second-order valence-corrected chi connectivity index (χ2v) is 6.80. The van der Waals surface area contributed by atoms with Crippen LogP contribution in [0.15, 0.2) is 23.7 Å². The van der Waals surface area contributed by atoms with Crippen molar-refractivity contribution in [3.05, 3.63) is 23.7 Å². The van der Waals surface area contributed by atoms with Crippen LogP contribution >= 0.6 is 0 Å². The van der Waals surface area contributed by atoms with Crippen molar-refractivity contribution in [2.24, 2.45) is 0 Å². The summed E-state index contributed by atoms with van der Waals surface area (Å²) in [5.41, 5.74) is 0.636. The van der Waals surface area contributed by atoms with E-state index in [9.17, 15) is 4.79 Å². The van der Waals surface area contributed by atoms with Crippen molar-refractivity contribution >= 4 is 13.1 Å². The van der Waals surface area contributed by atoms with E-state index in [2.05, 4.69) is 46.8 Å². The van der Waals surface area contributed by atoms with Crippen LogP contribution in [0.3, 0.4) is 0 Å². The maximum Gasteiger partial charge on any atom is 0.487 e. The smallest absolute Gasteiger partial charge is 0.466 e. The Morgan fingerprint density at radius 1 is 1.09 bits per heavy atom. The number of esters is 1. The highest BCUT2D eigenvalue weighted by atomic mass is 16.7.